The summed E-state index contributed by atoms with van der Waals surface area (Å²) < 4.78 is 13.1. The lowest BCUT2D eigenvalue weighted by molar-refractivity contribution is 0.614. The second kappa shape index (κ2) is 2.63. The molecule has 1 nitrogen and oxygen atoms in total. The van der Waals surface area contributed by atoms with Crippen LogP contribution in [-0.2, 0) is 6.54 Å². The standard InChI is InChI=1S/C10H10FN/c1-7-4-8-2-3-12-6-9(8)5-10(7)11/h2-5,12H,6H2,1H3. The number of halogens is 1. The fourth-order valence-electron chi connectivity index (χ4n) is 1.37. The quantitative estimate of drug-likeness (QED) is 0.618. The summed E-state index contributed by atoms with van der Waals surface area (Å²) in [6.45, 7) is 2.51. The molecule has 0 spiro atoms. The van der Waals surface area contributed by atoms with Gasteiger partial charge in [-0.05, 0) is 48.0 Å². The monoisotopic (exact) mass is 163 g/mol. The third-order valence-electron chi connectivity index (χ3n) is 2.09. The molecule has 1 aliphatic rings. The van der Waals surface area contributed by atoms with Gasteiger partial charge in [-0.1, -0.05) is 0 Å². The highest BCUT2D eigenvalue weighted by atomic mass is 19.1. The highest BCUT2D eigenvalue weighted by molar-refractivity contribution is 5.56. The van der Waals surface area contributed by atoms with Crippen LogP contribution in [0.5, 0.6) is 0 Å². The van der Waals surface area contributed by atoms with Gasteiger partial charge in [-0.25, -0.2) is 4.39 Å². The van der Waals surface area contributed by atoms with Crippen molar-refractivity contribution in [2.45, 2.75) is 13.5 Å². The van der Waals surface area contributed by atoms with Crippen molar-refractivity contribution in [2.24, 2.45) is 0 Å². The molecule has 62 valence electrons. The van der Waals surface area contributed by atoms with Gasteiger partial charge in [-0.3, -0.25) is 0 Å². The Morgan fingerprint density at radius 3 is 3.08 bits per heavy atom. The lowest BCUT2D eigenvalue weighted by Gasteiger charge is -2.12. The van der Waals surface area contributed by atoms with E-state index in [1.54, 1.807) is 13.0 Å². The molecule has 12 heavy (non-hydrogen) atoms. The highest BCUT2D eigenvalue weighted by Gasteiger charge is 2.06. The summed E-state index contributed by atoms with van der Waals surface area (Å²) in [5.41, 5.74) is 2.86. The maximum Gasteiger partial charge on any atom is 0.126 e. The van der Waals surface area contributed by atoms with Gasteiger partial charge >= 0.3 is 0 Å². The highest BCUT2D eigenvalue weighted by Crippen LogP contribution is 2.18. The van der Waals surface area contributed by atoms with Gasteiger partial charge < -0.3 is 5.32 Å². The molecule has 0 amide bonds. The van der Waals surface area contributed by atoms with E-state index in [1.165, 1.54) is 0 Å². The lowest BCUT2D eigenvalue weighted by atomic mass is 10.0. The summed E-state index contributed by atoms with van der Waals surface area (Å²) in [5.74, 6) is -0.120. The van der Waals surface area contributed by atoms with E-state index in [-0.39, 0.29) is 5.82 Å². The minimum atomic E-state index is -0.120. The van der Waals surface area contributed by atoms with Gasteiger partial charge in [-0.2, -0.15) is 0 Å². The summed E-state index contributed by atoms with van der Waals surface area (Å²) in [7, 11) is 0. The smallest absolute Gasteiger partial charge is 0.126 e. The largest absolute Gasteiger partial charge is 0.387 e. The minimum Gasteiger partial charge on any atom is -0.387 e. The zero-order valence-electron chi connectivity index (χ0n) is 6.89. The Morgan fingerprint density at radius 2 is 2.25 bits per heavy atom. The summed E-state index contributed by atoms with van der Waals surface area (Å²) in [6, 6.07) is 3.48. The Kier molecular flexibility index (Phi) is 1.61. The van der Waals surface area contributed by atoms with Crippen LogP contribution in [0, 0.1) is 12.7 Å². The van der Waals surface area contributed by atoms with Crippen molar-refractivity contribution in [3.63, 3.8) is 0 Å². The van der Waals surface area contributed by atoms with Gasteiger partial charge in [0, 0.05) is 6.54 Å². The molecule has 0 radical (unpaired) electrons. The molecule has 0 saturated heterocycles. The third-order valence-corrected chi connectivity index (χ3v) is 2.09. The van der Waals surface area contributed by atoms with Gasteiger partial charge in [0.1, 0.15) is 5.82 Å². The second-order valence-electron chi connectivity index (χ2n) is 3.01. The topological polar surface area (TPSA) is 12.0 Å². The maximum atomic E-state index is 13.1. The van der Waals surface area contributed by atoms with Crippen LogP contribution < -0.4 is 5.32 Å². The van der Waals surface area contributed by atoms with Crippen LogP contribution in [0.2, 0.25) is 0 Å². The molecule has 2 rings (SSSR count). The number of hydrogen-bond donors (Lipinski definition) is 1. The van der Waals surface area contributed by atoms with Crippen LogP contribution in [-0.4, -0.2) is 0 Å². The van der Waals surface area contributed by atoms with Crippen LogP contribution in [0.4, 0.5) is 4.39 Å². The van der Waals surface area contributed by atoms with Crippen molar-refractivity contribution >= 4 is 6.08 Å². The molecule has 0 aromatic heterocycles. The Balaban J connectivity index is 2.58. The summed E-state index contributed by atoms with van der Waals surface area (Å²) >= 11 is 0. The van der Waals surface area contributed by atoms with Crippen molar-refractivity contribution in [1.29, 1.82) is 0 Å². The van der Waals surface area contributed by atoms with Crippen LogP contribution >= 0.6 is 0 Å². The van der Waals surface area contributed by atoms with Gasteiger partial charge in [0.2, 0.25) is 0 Å². The molecule has 1 aliphatic heterocycles. The first-order valence-electron chi connectivity index (χ1n) is 3.96. The first-order chi connectivity index (χ1) is 5.77. The Bertz CT molecular complexity index is 342. The van der Waals surface area contributed by atoms with E-state index in [0.717, 1.165) is 17.7 Å². The molecule has 1 aromatic carbocycles. The summed E-state index contributed by atoms with van der Waals surface area (Å²) in [4.78, 5) is 0. The maximum absolute atomic E-state index is 13.1. The van der Waals surface area contributed by atoms with Gasteiger partial charge in [0.25, 0.3) is 0 Å². The predicted octanol–water partition coefficient (Wildman–Crippen LogP) is 2.21. The van der Waals surface area contributed by atoms with Crippen molar-refractivity contribution in [2.75, 3.05) is 0 Å². The Morgan fingerprint density at radius 1 is 1.42 bits per heavy atom. The molecule has 2 heteroatoms. The van der Waals surface area contributed by atoms with Gasteiger partial charge in [-0.15, -0.1) is 0 Å². The zero-order chi connectivity index (χ0) is 8.55. The van der Waals surface area contributed by atoms with Crippen molar-refractivity contribution < 1.29 is 4.39 Å². The van der Waals surface area contributed by atoms with E-state index >= 15 is 0 Å². The minimum absolute atomic E-state index is 0.120. The van der Waals surface area contributed by atoms with E-state index in [2.05, 4.69) is 5.32 Å². The SMILES string of the molecule is Cc1cc2c(cc1F)CNC=C2. The average Bonchev–Trinajstić information content (AvgIpc) is 2.07. The number of fused-ring (bicyclic) bond motifs is 1. The van der Waals surface area contributed by atoms with Crippen LogP contribution in [0.3, 0.4) is 0 Å². The van der Waals surface area contributed by atoms with E-state index < -0.39 is 0 Å². The van der Waals surface area contributed by atoms with Crippen LogP contribution in [0.25, 0.3) is 6.08 Å². The molecule has 1 aromatic rings. The number of rotatable bonds is 0. The fourth-order valence-corrected chi connectivity index (χ4v) is 1.37. The van der Waals surface area contributed by atoms with Crippen molar-refractivity contribution in [3.05, 3.63) is 40.8 Å². The number of aryl methyl sites for hydroxylation is 1. The Hall–Kier alpha value is -1.31. The van der Waals surface area contributed by atoms with E-state index in [4.69, 9.17) is 0 Å². The first kappa shape index (κ1) is 7.35. The third kappa shape index (κ3) is 1.09. The molecule has 0 bridgehead atoms. The average molecular weight is 163 g/mol. The van der Waals surface area contributed by atoms with E-state index in [0.29, 0.717) is 5.56 Å². The number of nitrogens with one attached hydrogen (secondary N) is 1. The van der Waals surface area contributed by atoms with Crippen molar-refractivity contribution in [3.8, 4) is 0 Å². The van der Waals surface area contributed by atoms with Gasteiger partial charge in [0.05, 0.1) is 0 Å². The van der Waals surface area contributed by atoms with Crippen LogP contribution in [0.15, 0.2) is 18.3 Å². The predicted molar refractivity (Wildman–Crippen MR) is 47.0 cm³/mol. The number of benzene rings is 1. The molecule has 0 saturated carbocycles. The molecular formula is C10H10FN. The Labute approximate surface area is 70.9 Å². The lowest BCUT2D eigenvalue weighted by Crippen LogP contribution is -2.10. The van der Waals surface area contributed by atoms with Gasteiger partial charge in [0.15, 0.2) is 0 Å². The van der Waals surface area contributed by atoms with Crippen LogP contribution in [0.1, 0.15) is 16.7 Å². The molecular weight excluding hydrogens is 153 g/mol. The molecule has 1 heterocycles. The molecule has 0 aliphatic carbocycles. The normalized spacial score (nSPS) is 13.8. The molecule has 1 N–H and O–H groups in total. The van der Waals surface area contributed by atoms with E-state index in [1.807, 2.05) is 18.3 Å². The molecule has 0 fully saturated rings. The fraction of sp³-hybridized carbons (Fsp3) is 0.200. The summed E-state index contributed by atoms with van der Waals surface area (Å²) in [5, 5.41) is 3.04. The summed E-state index contributed by atoms with van der Waals surface area (Å²) in [6.07, 6.45) is 3.85. The zero-order valence-corrected chi connectivity index (χ0v) is 6.89. The molecule has 0 unspecified atom stereocenters. The first-order valence-corrected chi connectivity index (χ1v) is 3.96. The van der Waals surface area contributed by atoms with Crippen molar-refractivity contribution in [1.82, 2.24) is 5.32 Å². The van der Waals surface area contributed by atoms with E-state index in [9.17, 15) is 4.39 Å². The second-order valence-corrected chi connectivity index (χ2v) is 3.01. The molecule has 0 atom stereocenters. The number of hydrogen-bond acceptors (Lipinski definition) is 1.